The van der Waals surface area contributed by atoms with Crippen molar-refractivity contribution in [1.29, 1.82) is 0 Å². The summed E-state index contributed by atoms with van der Waals surface area (Å²) >= 11 is 13.2. The van der Waals surface area contributed by atoms with E-state index in [4.69, 9.17) is 23.2 Å². The average Bonchev–Trinajstić information content (AvgIpc) is 2.49. The largest absolute Gasteiger partial charge is 0.355 e. The van der Waals surface area contributed by atoms with Crippen molar-refractivity contribution in [2.45, 2.75) is 10.9 Å². The number of halogens is 2. The molecule has 0 atom stereocenters. The first-order valence-electron chi connectivity index (χ1n) is 6.05. The van der Waals surface area contributed by atoms with Crippen molar-refractivity contribution in [1.82, 2.24) is 14.4 Å². The normalized spacial score (nSPS) is 11.0. The van der Waals surface area contributed by atoms with Crippen LogP contribution in [-0.2, 0) is 5.75 Å². The molecule has 21 heavy (non-hydrogen) atoms. The first kappa shape index (κ1) is 14.4. The molecule has 2 heterocycles. The monoisotopic (exact) mass is 337 g/mol. The molecule has 0 aliphatic heterocycles. The summed E-state index contributed by atoms with van der Waals surface area (Å²) in [6.07, 6.45) is 1.64. The Balaban J connectivity index is 1.85. The lowest BCUT2D eigenvalue weighted by Crippen LogP contribution is -2.18. The Morgan fingerprint density at radius 3 is 2.76 bits per heavy atom. The van der Waals surface area contributed by atoms with Crippen LogP contribution in [0.5, 0.6) is 0 Å². The lowest BCUT2D eigenvalue weighted by molar-refractivity contribution is 0.846. The van der Waals surface area contributed by atoms with Crippen molar-refractivity contribution in [2.75, 3.05) is 0 Å². The van der Waals surface area contributed by atoms with Crippen LogP contribution in [0.3, 0.4) is 0 Å². The Morgan fingerprint density at radius 1 is 1.10 bits per heavy atom. The van der Waals surface area contributed by atoms with Gasteiger partial charge in [-0.25, -0.2) is 9.78 Å². The highest BCUT2D eigenvalue weighted by Crippen LogP contribution is 2.26. The number of aromatic nitrogens is 3. The first-order chi connectivity index (χ1) is 10.1. The molecule has 7 heteroatoms. The van der Waals surface area contributed by atoms with E-state index in [1.165, 1.54) is 16.2 Å². The van der Waals surface area contributed by atoms with E-state index in [2.05, 4.69) is 9.97 Å². The molecular weight excluding hydrogens is 329 g/mol. The molecule has 0 spiro atoms. The highest BCUT2D eigenvalue weighted by atomic mass is 35.5. The second-order valence-electron chi connectivity index (χ2n) is 4.25. The first-order valence-corrected chi connectivity index (χ1v) is 7.80. The van der Waals surface area contributed by atoms with Crippen LogP contribution in [0.4, 0.5) is 0 Å². The van der Waals surface area contributed by atoms with E-state index in [0.717, 1.165) is 5.56 Å². The maximum atomic E-state index is 11.9. The fourth-order valence-corrected chi connectivity index (χ4v) is 2.88. The van der Waals surface area contributed by atoms with Gasteiger partial charge in [0.2, 0.25) is 0 Å². The minimum Gasteiger partial charge on any atom is -0.251 e. The number of nitrogens with zero attached hydrogens (tertiary/aromatic N) is 3. The van der Waals surface area contributed by atoms with Gasteiger partial charge >= 0.3 is 5.69 Å². The quantitative estimate of drug-likeness (QED) is 0.684. The third-order valence-corrected chi connectivity index (χ3v) is 4.46. The third-order valence-electron chi connectivity index (χ3n) is 2.80. The lowest BCUT2D eigenvalue weighted by Gasteiger charge is -2.04. The van der Waals surface area contributed by atoms with Crippen molar-refractivity contribution >= 4 is 40.6 Å². The molecule has 3 rings (SSSR count). The SMILES string of the molecule is O=c1nc(SCc2ccc(Cl)c(Cl)c2)nc2ccccn12. The van der Waals surface area contributed by atoms with E-state index in [-0.39, 0.29) is 5.69 Å². The van der Waals surface area contributed by atoms with E-state index in [1.54, 1.807) is 30.5 Å². The van der Waals surface area contributed by atoms with Gasteiger partial charge in [0.25, 0.3) is 0 Å². The minimum atomic E-state index is -0.336. The van der Waals surface area contributed by atoms with Crippen molar-refractivity contribution in [2.24, 2.45) is 0 Å². The van der Waals surface area contributed by atoms with Crippen molar-refractivity contribution in [3.05, 3.63) is 68.7 Å². The topological polar surface area (TPSA) is 47.3 Å². The molecule has 0 radical (unpaired) electrons. The molecule has 0 saturated heterocycles. The summed E-state index contributed by atoms with van der Waals surface area (Å²) < 4.78 is 1.41. The zero-order chi connectivity index (χ0) is 14.8. The Morgan fingerprint density at radius 2 is 1.95 bits per heavy atom. The van der Waals surface area contributed by atoms with Crippen LogP contribution in [0, 0.1) is 0 Å². The molecule has 0 bridgehead atoms. The van der Waals surface area contributed by atoms with Gasteiger partial charge < -0.3 is 0 Å². The zero-order valence-corrected chi connectivity index (χ0v) is 13.0. The molecule has 0 amide bonds. The molecule has 4 nitrogen and oxygen atoms in total. The second kappa shape index (κ2) is 6.05. The van der Waals surface area contributed by atoms with Crippen LogP contribution in [0.2, 0.25) is 10.0 Å². The van der Waals surface area contributed by atoms with Crippen molar-refractivity contribution in [3.8, 4) is 0 Å². The summed E-state index contributed by atoms with van der Waals surface area (Å²) in [6.45, 7) is 0. The standard InChI is InChI=1S/C14H9Cl2N3OS/c15-10-5-4-9(7-11(10)16)8-21-13-17-12-3-1-2-6-19(12)14(20)18-13/h1-7H,8H2. The fourth-order valence-electron chi connectivity index (χ4n) is 1.79. The van der Waals surface area contributed by atoms with Gasteiger partial charge in [0.1, 0.15) is 5.65 Å². The number of hydrogen-bond donors (Lipinski definition) is 0. The summed E-state index contributed by atoms with van der Waals surface area (Å²) in [7, 11) is 0. The molecule has 1 aromatic carbocycles. The number of thioether (sulfide) groups is 1. The van der Waals surface area contributed by atoms with E-state index in [1.807, 2.05) is 12.1 Å². The Labute approximate surface area is 134 Å². The molecule has 2 aromatic heterocycles. The summed E-state index contributed by atoms with van der Waals surface area (Å²) in [5, 5.41) is 1.47. The minimum absolute atomic E-state index is 0.336. The Hall–Kier alpha value is -1.56. The molecule has 0 saturated carbocycles. The van der Waals surface area contributed by atoms with E-state index in [0.29, 0.717) is 26.6 Å². The predicted octanol–water partition coefficient (Wildman–Crippen LogP) is 3.69. The van der Waals surface area contributed by atoms with Crippen LogP contribution < -0.4 is 5.69 Å². The smallest absolute Gasteiger partial charge is 0.251 e. The van der Waals surface area contributed by atoms with Gasteiger partial charge in [-0.1, -0.05) is 47.1 Å². The van der Waals surface area contributed by atoms with Crippen LogP contribution in [0.1, 0.15) is 5.56 Å². The summed E-state index contributed by atoms with van der Waals surface area (Å²) in [5.74, 6) is 0.610. The molecule has 106 valence electrons. The van der Waals surface area contributed by atoms with Crippen LogP contribution >= 0.6 is 35.0 Å². The Bertz CT molecular complexity index is 866. The van der Waals surface area contributed by atoms with Crippen LogP contribution in [0.25, 0.3) is 5.65 Å². The van der Waals surface area contributed by atoms with Crippen molar-refractivity contribution < 1.29 is 0 Å². The Kier molecular flexibility index (Phi) is 4.14. The van der Waals surface area contributed by atoms with E-state index in [9.17, 15) is 4.79 Å². The molecule has 3 aromatic rings. The van der Waals surface area contributed by atoms with Gasteiger partial charge in [0, 0.05) is 11.9 Å². The van der Waals surface area contributed by atoms with Gasteiger partial charge in [-0.2, -0.15) is 4.98 Å². The summed E-state index contributed by atoms with van der Waals surface area (Å²) in [4.78, 5) is 20.2. The van der Waals surface area contributed by atoms with Crippen LogP contribution in [0.15, 0.2) is 52.5 Å². The molecule has 0 fully saturated rings. The lowest BCUT2D eigenvalue weighted by atomic mass is 10.2. The molecule has 0 N–H and O–H groups in total. The second-order valence-corrected chi connectivity index (χ2v) is 6.01. The molecule has 0 aliphatic rings. The number of rotatable bonds is 3. The van der Waals surface area contributed by atoms with E-state index >= 15 is 0 Å². The van der Waals surface area contributed by atoms with Gasteiger partial charge in [-0.3, -0.25) is 4.40 Å². The predicted molar refractivity (Wildman–Crippen MR) is 85.3 cm³/mol. The molecular formula is C14H9Cl2N3OS. The number of pyridine rings is 1. The number of hydrogen-bond acceptors (Lipinski definition) is 4. The fraction of sp³-hybridized carbons (Fsp3) is 0.0714. The maximum Gasteiger partial charge on any atom is 0.355 e. The maximum absolute atomic E-state index is 11.9. The van der Waals surface area contributed by atoms with Gasteiger partial charge in [-0.15, -0.1) is 0 Å². The van der Waals surface area contributed by atoms with Gasteiger partial charge in [0.05, 0.1) is 10.0 Å². The van der Waals surface area contributed by atoms with Crippen LogP contribution in [-0.4, -0.2) is 14.4 Å². The highest BCUT2D eigenvalue weighted by molar-refractivity contribution is 7.98. The van der Waals surface area contributed by atoms with Crippen molar-refractivity contribution in [3.63, 3.8) is 0 Å². The third kappa shape index (κ3) is 3.20. The summed E-state index contributed by atoms with van der Waals surface area (Å²) in [5.41, 5.74) is 1.23. The number of benzene rings is 1. The van der Waals surface area contributed by atoms with Gasteiger partial charge in [0.15, 0.2) is 5.16 Å². The van der Waals surface area contributed by atoms with E-state index < -0.39 is 0 Å². The molecule has 0 unspecified atom stereocenters. The average molecular weight is 338 g/mol. The number of fused-ring (bicyclic) bond motifs is 1. The zero-order valence-electron chi connectivity index (χ0n) is 10.7. The highest BCUT2D eigenvalue weighted by Gasteiger charge is 2.05. The van der Waals surface area contributed by atoms with Gasteiger partial charge in [-0.05, 0) is 29.8 Å². The summed E-state index contributed by atoms with van der Waals surface area (Å²) in [6, 6.07) is 10.8. The molecule has 0 aliphatic carbocycles.